The normalized spacial score (nSPS) is 11.8. The third-order valence-electron chi connectivity index (χ3n) is 3.75. The molecule has 3 aromatic rings. The first-order valence-corrected chi connectivity index (χ1v) is 8.35. The lowest BCUT2D eigenvalue weighted by Crippen LogP contribution is -2.11. The minimum Gasteiger partial charge on any atom is -0.497 e. The average Bonchev–Trinajstić information content (AvgIpc) is 2.85. The van der Waals surface area contributed by atoms with Crippen LogP contribution in [0.15, 0.2) is 53.6 Å². The van der Waals surface area contributed by atoms with Crippen molar-refractivity contribution in [3.05, 3.63) is 59.8 Å². The van der Waals surface area contributed by atoms with Gasteiger partial charge in [0.2, 0.25) is 0 Å². The summed E-state index contributed by atoms with van der Waals surface area (Å²) in [6.07, 6.45) is 1.65. The van der Waals surface area contributed by atoms with Crippen molar-refractivity contribution >= 4 is 20.9 Å². The van der Waals surface area contributed by atoms with Crippen molar-refractivity contribution in [2.45, 2.75) is 18.7 Å². The van der Waals surface area contributed by atoms with E-state index in [-0.39, 0.29) is 4.90 Å². The van der Waals surface area contributed by atoms with Gasteiger partial charge in [-0.15, -0.1) is 0 Å². The second kappa shape index (κ2) is 5.18. The van der Waals surface area contributed by atoms with Gasteiger partial charge in [-0.05, 0) is 49.7 Å². The van der Waals surface area contributed by atoms with Crippen molar-refractivity contribution < 1.29 is 13.2 Å². The number of aryl methyl sites for hydroxylation is 2. The van der Waals surface area contributed by atoms with Gasteiger partial charge in [0.15, 0.2) is 0 Å². The van der Waals surface area contributed by atoms with Crippen LogP contribution in [0.2, 0.25) is 0 Å². The summed E-state index contributed by atoms with van der Waals surface area (Å²) in [5.41, 5.74) is 2.57. The second-order valence-electron chi connectivity index (χ2n) is 5.31. The molecule has 0 aliphatic heterocycles. The Morgan fingerprint density at radius 2 is 1.68 bits per heavy atom. The summed E-state index contributed by atoms with van der Waals surface area (Å²) < 4.78 is 32.3. The van der Waals surface area contributed by atoms with E-state index in [4.69, 9.17) is 4.74 Å². The molecule has 0 aliphatic carbocycles. The van der Waals surface area contributed by atoms with E-state index >= 15 is 0 Å². The Labute approximate surface area is 130 Å². The number of ether oxygens (including phenoxy) is 1. The van der Waals surface area contributed by atoms with Crippen molar-refractivity contribution in [1.29, 1.82) is 0 Å². The zero-order chi connectivity index (χ0) is 15.9. The summed E-state index contributed by atoms with van der Waals surface area (Å²) in [5, 5.41) is 0.870. The molecule has 0 saturated heterocycles. The number of hydrogen-bond acceptors (Lipinski definition) is 3. The van der Waals surface area contributed by atoms with Gasteiger partial charge >= 0.3 is 0 Å². The zero-order valence-electron chi connectivity index (χ0n) is 12.7. The summed E-state index contributed by atoms with van der Waals surface area (Å²) in [6.45, 7) is 3.82. The molecule has 0 N–H and O–H groups in total. The average molecular weight is 315 g/mol. The summed E-state index contributed by atoms with van der Waals surface area (Å²) in [6, 6.07) is 12.3. The predicted molar refractivity (Wildman–Crippen MR) is 87.0 cm³/mol. The van der Waals surface area contributed by atoms with Crippen molar-refractivity contribution in [2.24, 2.45) is 0 Å². The highest BCUT2D eigenvalue weighted by Gasteiger charge is 2.20. The third kappa shape index (κ3) is 2.27. The van der Waals surface area contributed by atoms with Crippen LogP contribution in [0, 0.1) is 13.8 Å². The van der Waals surface area contributed by atoms with Crippen LogP contribution in [0.25, 0.3) is 10.9 Å². The lowest BCUT2D eigenvalue weighted by Gasteiger charge is -2.08. The molecule has 0 atom stereocenters. The maximum Gasteiger partial charge on any atom is 0.268 e. The monoisotopic (exact) mass is 315 g/mol. The number of rotatable bonds is 3. The molecule has 0 bridgehead atoms. The Morgan fingerprint density at radius 1 is 1.00 bits per heavy atom. The topological polar surface area (TPSA) is 48.3 Å². The zero-order valence-corrected chi connectivity index (χ0v) is 13.5. The molecule has 1 aromatic heterocycles. The first-order chi connectivity index (χ1) is 10.4. The van der Waals surface area contributed by atoms with E-state index in [1.807, 2.05) is 19.9 Å². The number of benzene rings is 2. The minimum atomic E-state index is -3.61. The van der Waals surface area contributed by atoms with Gasteiger partial charge in [0.1, 0.15) is 5.75 Å². The molecule has 2 aromatic carbocycles. The number of methoxy groups -OCH3 is 1. The fourth-order valence-electron chi connectivity index (χ4n) is 2.49. The van der Waals surface area contributed by atoms with E-state index in [1.54, 1.807) is 49.7 Å². The Balaban J connectivity index is 2.23. The van der Waals surface area contributed by atoms with E-state index in [0.29, 0.717) is 11.3 Å². The fourth-order valence-corrected chi connectivity index (χ4v) is 3.91. The molecule has 0 amide bonds. The molecule has 3 rings (SSSR count). The van der Waals surface area contributed by atoms with Gasteiger partial charge in [-0.1, -0.05) is 17.7 Å². The maximum atomic E-state index is 12.9. The third-order valence-corrected chi connectivity index (χ3v) is 5.44. The number of aromatic nitrogens is 1. The molecule has 5 heteroatoms. The van der Waals surface area contributed by atoms with Gasteiger partial charge < -0.3 is 4.74 Å². The van der Waals surface area contributed by atoms with Crippen LogP contribution in [0.5, 0.6) is 5.75 Å². The molecule has 0 spiro atoms. The van der Waals surface area contributed by atoms with Crippen LogP contribution >= 0.6 is 0 Å². The highest BCUT2D eigenvalue weighted by Crippen LogP contribution is 2.28. The van der Waals surface area contributed by atoms with Crippen molar-refractivity contribution in [2.75, 3.05) is 7.11 Å². The molecule has 114 valence electrons. The maximum absolute atomic E-state index is 12.9. The van der Waals surface area contributed by atoms with Gasteiger partial charge in [0, 0.05) is 11.6 Å². The standard InChI is InChI=1S/C17H17NO3S/c1-12-4-7-15(8-5-12)22(19,20)18-11-13(2)16-10-14(21-3)6-9-17(16)18/h4-11H,1-3H3. The van der Waals surface area contributed by atoms with E-state index in [1.165, 1.54) is 3.97 Å². The lowest BCUT2D eigenvalue weighted by atomic mass is 10.2. The first kappa shape index (κ1) is 14.7. The van der Waals surface area contributed by atoms with Crippen molar-refractivity contribution in [1.82, 2.24) is 3.97 Å². The van der Waals surface area contributed by atoms with E-state index < -0.39 is 10.0 Å². The summed E-state index contributed by atoms with van der Waals surface area (Å²) in [4.78, 5) is 0.283. The number of hydrogen-bond donors (Lipinski definition) is 0. The highest BCUT2D eigenvalue weighted by molar-refractivity contribution is 7.90. The van der Waals surface area contributed by atoms with Crippen molar-refractivity contribution in [3.8, 4) is 5.75 Å². The van der Waals surface area contributed by atoms with Crippen LogP contribution in [-0.2, 0) is 10.0 Å². The smallest absolute Gasteiger partial charge is 0.268 e. The molecular formula is C17H17NO3S. The number of fused-ring (bicyclic) bond motifs is 1. The lowest BCUT2D eigenvalue weighted by molar-refractivity contribution is 0.415. The van der Waals surface area contributed by atoms with Crippen LogP contribution in [0.3, 0.4) is 0 Å². The van der Waals surface area contributed by atoms with Gasteiger partial charge in [-0.2, -0.15) is 0 Å². The van der Waals surface area contributed by atoms with E-state index in [2.05, 4.69) is 0 Å². The second-order valence-corrected chi connectivity index (χ2v) is 7.12. The van der Waals surface area contributed by atoms with Gasteiger partial charge in [0.05, 0.1) is 17.5 Å². The SMILES string of the molecule is COc1ccc2c(c1)c(C)cn2S(=O)(=O)c1ccc(C)cc1. The van der Waals surface area contributed by atoms with Crippen LogP contribution in [0.1, 0.15) is 11.1 Å². The van der Waals surface area contributed by atoms with Gasteiger partial charge in [0.25, 0.3) is 10.0 Å². The Bertz CT molecular complexity index is 938. The van der Waals surface area contributed by atoms with Crippen LogP contribution in [0.4, 0.5) is 0 Å². The molecule has 1 heterocycles. The largest absolute Gasteiger partial charge is 0.497 e. The Kier molecular flexibility index (Phi) is 3.45. The van der Waals surface area contributed by atoms with Crippen LogP contribution in [-0.4, -0.2) is 19.5 Å². The molecule has 0 radical (unpaired) electrons. The van der Waals surface area contributed by atoms with Gasteiger partial charge in [-0.25, -0.2) is 12.4 Å². The van der Waals surface area contributed by atoms with E-state index in [9.17, 15) is 8.42 Å². The fraction of sp³-hybridized carbons (Fsp3) is 0.176. The molecule has 0 fully saturated rings. The van der Waals surface area contributed by atoms with E-state index in [0.717, 1.165) is 16.5 Å². The van der Waals surface area contributed by atoms with Crippen LogP contribution < -0.4 is 4.74 Å². The van der Waals surface area contributed by atoms with Gasteiger partial charge in [-0.3, -0.25) is 0 Å². The molecule has 0 saturated carbocycles. The minimum absolute atomic E-state index is 0.283. The Morgan fingerprint density at radius 3 is 2.32 bits per heavy atom. The highest BCUT2D eigenvalue weighted by atomic mass is 32.2. The quantitative estimate of drug-likeness (QED) is 0.743. The molecule has 4 nitrogen and oxygen atoms in total. The summed E-state index contributed by atoms with van der Waals surface area (Å²) >= 11 is 0. The molecule has 0 aliphatic rings. The Hall–Kier alpha value is -2.27. The molecule has 0 unspecified atom stereocenters. The predicted octanol–water partition coefficient (Wildman–Crippen LogP) is 3.50. The number of nitrogens with zero attached hydrogens (tertiary/aromatic N) is 1. The summed E-state index contributed by atoms with van der Waals surface area (Å²) in [7, 11) is -2.01. The molecule has 22 heavy (non-hydrogen) atoms. The summed E-state index contributed by atoms with van der Waals surface area (Å²) in [5.74, 6) is 0.709. The van der Waals surface area contributed by atoms with Crippen molar-refractivity contribution in [3.63, 3.8) is 0 Å². The first-order valence-electron chi connectivity index (χ1n) is 6.91. The molecular weight excluding hydrogens is 298 g/mol.